The molecule has 2 atom stereocenters. The second-order valence-corrected chi connectivity index (χ2v) is 5.72. The van der Waals surface area contributed by atoms with Crippen LogP contribution in [0.25, 0.3) is 5.57 Å². The molecule has 0 saturated carbocycles. The van der Waals surface area contributed by atoms with Crippen LogP contribution in [-0.2, 0) is 24.5 Å². The normalized spacial score (nSPS) is 22.4. The van der Waals surface area contributed by atoms with Crippen molar-refractivity contribution in [2.75, 3.05) is 7.11 Å². The van der Waals surface area contributed by atoms with E-state index in [0.717, 1.165) is 7.11 Å². The Balaban J connectivity index is 2.19. The zero-order chi connectivity index (χ0) is 18.0. The standard InChI is InChI=1S/C20H16O5/c1-25-19(24)18(23)20(14-10-6-3-7-11-14)16(21)12-15(17(20)22)13-8-4-2-5-9-13/h2-12,16,21H,1H3/t16-,20+/m0/s1. The molecule has 0 radical (unpaired) electrons. The summed E-state index contributed by atoms with van der Waals surface area (Å²) in [5, 5.41) is 10.7. The number of aliphatic hydroxyl groups is 1. The summed E-state index contributed by atoms with van der Waals surface area (Å²) in [4.78, 5) is 38.0. The van der Waals surface area contributed by atoms with Gasteiger partial charge in [0.25, 0.3) is 5.78 Å². The zero-order valence-corrected chi connectivity index (χ0v) is 13.5. The van der Waals surface area contributed by atoms with Gasteiger partial charge in [0, 0.05) is 5.57 Å². The molecule has 0 spiro atoms. The maximum absolute atomic E-state index is 13.2. The lowest BCUT2D eigenvalue weighted by atomic mass is 9.71. The van der Waals surface area contributed by atoms with Crippen molar-refractivity contribution in [3.8, 4) is 0 Å². The molecule has 5 heteroatoms. The predicted octanol–water partition coefficient (Wildman–Crippen LogP) is 1.69. The highest BCUT2D eigenvalue weighted by Crippen LogP contribution is 2.42. The number of carbonyl (C=O) groups excluding carboxylic acids is 3. The lowest BCUT2D eigenvalue weighted by Gasteiger charge is -2.29. The molecule has 126 valence electrons. The Kier molecular flexibility index (Phi) is 4.33. The number of methoxy groups -OCH3 is 1. The van der Waals surface area contributed by atoms with E-state index in [1.54, 1.807) is 60.7 Å². The van der Waals surface area contributed by atoms with Crippen LogP contribution in [0.15, 0.2) is 66.7 Å². The molecule has 1 aliphatic rings. The van der Waals surface area contributed by atoms with Gasteiger partial charge in [-0.3, -0.25) is 9.59 Å². The van der Waals surface area contributed by atoms with Crippen LogP contribution in [0.4, 0.5) is 0 Å². The number of ether oxygens (including phenoxy) is 1. The summed E-state index contributed by atoms with van der Waals surface area (Å²) < 4.78 is 4.53. The van der Waals surface area contributed by atoms with E-state index in [0.29, 0.717) is 5.56 Å². The second-order valence-electron chi connectivity index (χ2n) is 5.72. The fraction of sp³-hybridized carbons (Fsp3) is 0.150. The van der Waals surface area contributed by atoms with E-state index in [1.165, 1.54) is 6.08 Å². The third-order valence-electron chi connectivity index (χ3n) is 4.41. The van der Waals surface area contributed by atoms with Gasteiger partial charge in [0.15, 0.2) is 11.2 Å². The highest BCUT2D eigenvalue weighted by molar-refractivity contribution is 6.49. The lowest BCUT2D eigenvalue weighted by Crippen LogP contribution is -2.52. The van der Waals surface area contributed by atoms with Crippen molar-refractivity contribution in [2.24, 2.45) is 0 Å². The highest BCUT2D eigenvalue weighted by Gasteiger charge is 2.59. The molecule has 1 aliphatic carbocycles. The Morgan fingerprint density at radius 3 is 2.12 bits per heavy atom. The number of benzene rings is 2. The molecular formula is C20H16O5. The Labute approximate surface area is 144 Å². The van der Waals surface area contributed by atoms with Gasteiger partial charge in [-0.05, 0) is 17.2 Å². The van der Waals surface area contributed by atoms with Gasteiger partial charge >= 0.3 is 5.97 Å². The fourth-order valence-electron chi connectivity index (χ4n) is 3.18. The molecule has 0 fully saturated rings. The van der Waals surface area contributed by atoms with Crippen molar-refractivity contribution in [1.82, 2.24) is 0 Å². The second kappa shape index (κ2) is 6.45. The number of hydrogen-bond donors (Lipinski definition) is 1. The molecule has 3 rings (SSSR count). The molecule has 1 N–H and O–H groups in total. The van der Waals surface area contributed by atoms with Gasteiger partial charge in [-0.2, -0.15) is 0 Å². The molecule has 0 amide bonds. The fourth-order valence-corrected chi connectivity index (χ4v) is 3.18. The van der Waals surface area contributed by atoms with Crippen molar-refractivity contribution in [3.63, 3.8) is 0 Å². The van der Waals surface area contributed by atoms with Gasteiger partial charge in [-0.25, -0.2) is 4.79 Å². The molecule has 0 saturated heterocycles. The van der Waals surface area contributed by atoms with E-state index in [4.69, 9.17) is 0 Å². The molecule has 0 unspecified atom stereocenters. The van der Waals surface area contributed by atoms with Crippen LogP contribution < -0.4 is 0 Å². The minimum absolute atomic E-state index is 0.203. The summed E-state index contributed by atoms with van der Waals surface area (Å²) >= 11 is 0. The van der Waals surface area contributed by atoms with Crippen molar-refractivity contribution < 1.29 is 24.2 Å². The van der Waals surface area contributed by atoms with Crippen LogP contribution in [0, 0.1) is 0 Å². The van der Waals surface area contributed by atoms with Crippen molar-refractivity contribution in [1.29, 1.82) is 0 Å². The van der Waals surface area contributed by atoms with Crippen LogP contribution >= 0.6 is 0 Å². The lowest BCUT2D eigenvalue weighted by molar-refractivity contribution is -0.157. The first-order chi connectivity index (χ1) is 12.0. The molecule has 0 bridgehead atoms. The van der Waals surface area contributed by atoms with Gasteiger partial charge in [0.1, 0.15) is 0 Å². The number of esters is 1. The molecule has 0 aliphatic heterocycles. The molecule has 2 aromatic rings. The van der Waals surface area contributed by atoms with Crippen molar-refractivity contribution in [3.05, 3.63) is 77.9 Å². The van der Waals surface area contributed by atoms with E-state index in [-0.39, 0.29) is 11.1 Å². The number of allylic oxidation sites excluding steroid dienone is 1. The summed E-state index contributed by atoms with van der Waals surface area (Å²) in [6, 6.07) is 16.8. The monoisotopic (exact) mass is 336 g/mol. The average molecular weight is 336 g/mol. The van der Waals surface area contributed by atoms with Gasteiger partial charge in [-0.1, -0.05) is 60.7 Å². The summed E-state index contributed by atoms with van der Waals surface area (Å²) in [5.41, 5.74) is -0.999. The van der Waals surface area contributed by atoms with Gasteiger partial charge in [0.2, 0.25) is 0 Å². The summed E-state index contributed by atoms with van der Waals surface area (Å²) in [5.74, 6) is -2.87. The first-order valence-corrected chi connectivity index (χ1v) is 7.71. The van der Waals surface area contributed by atoms with Crippen LogP contribution in [-0.4, -0.2) is 35.9 Å². The van der Waals surface area contributed by atoms with Crippen molar-refractivity contribution >= 4 is 23.1 Å². The number of rotatable bonds is 4. The minimum Gasteiger partial charge on any atom is -0.463 e. The highest BCUT2D eigenvalue weighted by atomic mass is 16.5. The molecule has 0 aromatic heterocycles. The predicted molar refractivity (Wildman–Crippen MR) is 90.6 cm³/mol. The first-order valence-electron chi connectivity index (χ1n) is 7.71. The number of carbonyl (C=O) groups is 3. The Morgan fingerprint density at radius 2 is 1.56 bits per heavy atom. The van der Waals surface area contributed by atoms with Gasteiger partial charge in [0.05, 0.1) is 13.2 Å². The molecule has 0 heterocycles. The summed E-state index contributed by atoms with van der Waals surface area (Å²) in [7, 11) is 1.07. The van der Waals surface area contributed by atoms with E-state index in [9.17, 15) is 19.5 Å². The Morgan fingerprint density at radius 1 is 1.00 bits per heavy atom. The number of hydrogen-bond acceptors (Lipinski definition) is 5. The SMILES string of the molecule is COC(=O)C(=O)[C@@]1(c2ccccc2)C(=O)C(c2ccccc2)=C[C@@H]1O. The van der Waals surface area contributed by atoms with E-state index in [2.05, 4.69) is 4.74 Å². The quantitative estimate of drug-likeness (QED) is 0.522. The van der Waals surface area contributed by atoms with Crippen LogP contribution in [0.3, 0.4) is 0 Å². The average Bonchev–Trinajstić information content (AvgIpc) is 2.93. The van der Waals surface area contributed by atoms with E-state index >= 15 is 0 Å². The molecule has 5 nitrogen and oxygen atoms in total. The molecule has 2 aromatic carbocycles. The Bertz CT molecular complexity index is 854. The van der Waals surface area contributed by atoms with Crippen LogP contribution in [0.1, 0.15) is 11.1 Å². The first kappa shape index (κ1) is 16.8. The Hall–Kier alpha value is -3.05. The maximum atomic E-state index is 13.2. The number of Topliss-reactive ketones (excluding diaryl/α,β-unsaturated/α-hetero) is 2. The van der Waals surface area contributed by atoms with E-state index in [1.807, 2.05) is 0 Å². The maximum Gasteiger partial charge on any atom is 0.375 e. The minimum atomic E-state index is -2.03. The third kappa shape index (κ3) is 2.49. The van der Waals surface area contributed by atoms with Gasteiger partial charge < -0.3 is 9.84 Å². The summed E-state index contributed by atoms with van der Waals surface area (Å²) in [6.07, 6.45) is -0.143. The van der Waals surface area contributed by atoms with Crippen LogP contribution in [0.2, 0.25) is 0 Å². The number of aliphatic hydroxyl groups excluding tert-OH is 1. The number of ketones is 2. The third-order valence-corrected chi connectivity index (χ3v) is 4.41. The summed E-state index contributed by atoms with van der Waals surface area (Å²) in [6.45, 7) is 0. The van der Waals surface area contributed by atoms with Crippen LogP contribution in [0.5, 0.6) is 0 Å². The molecule has 25 heavy (non-hydrogen) atoms. The van der Waals surface area contributed by atoms with Gasteiger partial charge in [-0.15, -0.1) is 0 Å². The smallest absolute Gasteiger partial charge is 0.375 e. The van der Waals surface area contributed by atoms with E-state index < -0.39 is 29.1 Å². The van der Waals surface area contributed by atoms with Crippen molar-refractivity contribution in [2.45, 2.75) is 11.5 Å². The molecular weight excluding hydrogens is 320 g/mol. The largest absolute Gasteiger partial charge is 0.463 e. The topological polar surface area (TPSA) is 80.7 Å². The zero-order valence-electron chi connectivity index (χ0n) is 13.5.